The molecule has 0 unspecified atom stereocenters. The van der Waals surface area contributed by atoms with Crippen LogP contribution >= 0.6 is 0 Å². The maximum atomic E-state index is 4.47. The second kappa shape index (κ2) is 6.44. The molecular formula is C18H27N3. The van der Waals surface area contributed by atoms with Crippen molar-refractivity contribution in [1.29, 1.82) is 0 Å². The average Bonchev–Trinajstić information content (AvgIpc) is 2.79. The van der Waals surface area contributed by atoms with Crippen molar-refractivity contribution in [2.45, 2.75) is 52.6 Å². The summed E-state index contributed by atoms with van der Waals surface area (Å²) in [7, 11) is 1.98. The quantitative estimate of drug-likeness (QED) is 0.910. The fourth-order valence-electron chi connectivity index (χ4n) is 2.49. The lowest BCUT2D eigenvalue weighted by Crippen LogP contribution is -2.14. The van der Waals surface area contributed by atoms with Crippen molar-refractivity contribution in [2.24, 2.45) is 7.05 Å². The van der Waals surface area contributed by atoms with Crippen LogP contribution in [0.4, 0.5) is 0 Å². The molecule has 0 amide bonds. The Labute approximate surface area is 128 Å². The van der Waals surface area contributed by atoms with Crippen LogP contribution in [0, 0.1) is 0 Å². The van der Waals surface area contributed by atoms with Gasteiger partial charge in [-0.3, -0.25) is 4.68 Å². The highest BCUT2D eigenvalue weighted by molar-refractivity contribution is 5.27. The van der Waals surface area contributed by atoms with E-state index in [0.717, 1.165) is 19.5 Å². The molecule has 1 aromatic carbocycles. The maximum Gasteiger partial charge on any atom is 0.0666 e. The summed E-state index contributed by atoms with van der Waals surface area (Å²) in [5, 5.41) is 7.98. The SMILES string of the molecule is CCc1nn(C)cc1CNCc1ccc(C(C)(C)C)cc1. The molecule has 1 heterocycles. The Morgan fingerprint density at radius 2 is 1.76 bits per heavy atom. The first-order chi connectivity index (χ1) is 9.90. The Morgan fingerprint density at radius 3 is 2.33 bits per heavy atom. The minimum absolute atomic E-state index is 0.220. The van der Waals surface area contributed by atoms with Gasteiger partial charge >= 0.3 is 0 Å². The lowest BCUT2D eigenvalue weighted by atomic mass is 9.87. The smallest absolute Gasteiger partial charge is 0.0666 e. The highest BCUT2D eigenvalue weighted by Crippen LogP contribution is 2.22. The number of rotatable bonds is 5. The topological polar surface area (TPSA) is 29.9 Å². The van der Waals surface area contributed by atoms with Crippen LogP contribution in [0.15, 0.2) is 30.5 Å². The molecule has 3 nitrogen and oxygen atoms in total. The molecule has 0 saturated heterocycles. The molecule has 0 spiro atoms. The molecule has 0 aliphatic carbocycles. The first-order valence-corrected chi connectivity index (χ1v) is 7.71. The van der Waals surface area contributed by atoms with Crippen molar-refractivity contribution in [1.82, 2.24) is 15.1 Å². The normalized spacial score (nSPS) is 11.9. The molecule has 0 saturated carbocycles. The molecule has 2 aromatic rings. The Morgan fingerprint density at radius 1 is 1.10 bits per heavy atom. The summed E-state index contributed by atoms with van der Waals surface area (Å²) in [6.07, 6.45) is 3.09. The van der Waals surface area contributed by atoms with Gasteiger partial charge in [0, 0.05) is 31.9 Å². The third-order valence-electron chi connectivity index (χ3n) is 3.79. The summed E-state index contributed by atoms with van der Waals surface area (Å²) >= 11 is 0. The summed E-state index contributed by atoms with van der Waals surface area (Å²) in [4.78, 5) is 0. The van der Waals surface area contributed by atoms with Gasteiger partial charge in [0.25, 0.3) is 0 Å². The Balaban J connectivity index is 1.91. The van der Waals surface area contributed by atoms with E-state index in [1.165, 1.54) is 22.4 Å². The van der Waals surface area contributed by atoms with E-state index >= 15 is 0 Å². The summed E-state index contributed by atoms with van der Waals surface area (Å²) in [5.41, 5.74) is 5.41. The van der Waals surface area contributed by atoms with Crippen LogP contribution in [0.2, 0.25) is 0 Å². The largest absolute Gasteiger partial charge is 0.308 e. The number of benzene rings is 1. The lowest BCUT2D eigenvalue weighted by Gasteiger charge is -2.19. The third kappa shape index (κ3) is 4.18. The number of hydrogen-bond acceptors (Lipinski definition) is 2. The fourth-order valence-corrected chi connectivity index (χ4v) is 2.49. The van der Waals surface area contributed by atoms with Crippen LogP contribution in [0.25, 0.3) is 0 Å². The minimum atomic E-state index is 0.220. The first kappa shape index (κ1) is 15.8. The van der Waals surface area contributed by atoms with Crippen molar-refractivity contribution in [3.8, 4) is 0 Å². The highest BCUT2D eigenvalue weighted by atomic mass is 15.3. The van der Waals surface area contributed by atoms with Crippen LogP contribution in [-0.2, 0) is 32.0 Å². The molecule has 0 atom stereocenters. The summed E-state index contributed by atoms with van der Waals surface area (Å²) in [6.45, 7) is 10.6. The summed E-state index contributed by atoms with van der Waals surface area (Å²) < 4.78 is 1.90. The Hall–Kier alpha value is -1.61. The molecule has 2 rings (SSSR count). The van der Waals surface area contributed by atoms with E-state index in [0.29, 0.717) is 0 Å². The second-order valence-corrected chi connectivity index (χ2v) is 6.68. The van der Waals surface area contributed by atoms with Crippen LogP contribution in [0.5, 0.6) is 0 Å². The number of aryl methyl sites for hydroxylation is 2. The van der Waals surface area contributed by atoms with Crippen LogP contribution in [0.1, 0.15) is 50.1 Å². The van der Waals surface area contributed by atoms with E-state index in [1.54, 1.807) is 0 Å². The number of hydrogen-bond donors (Lipinski definition) is 1. The van der Waals surface area contributed by atoms with Crippen molar-refractivity contribution in [3.05, 3.63) is 52.8 Å². The number of nitrogens with zero attached hydrogens (tertiary/aromatic N) is 2. The fraction of sp³-hybridized carbons (Fsp3) is 0.500. The van der Waals surface area contributed by atoms with E-state index < -0.39 is 0 Å². The maximum absolute atomic E-state index is 4.47. The number of aromatic nitrogens is 2. The van der Waals surface area contributed by atoms with Crippen LogP contribution < -0.4 is 5.32 Å². The lowest BCUT2D eigenvalue weighted by molar-refractivity contribution is 0.589. The van der Waals surface area contributed by atoms with Crippen LogP contribution in [0.3, 0.4) is 0 Å². The van der Waals surface area contributed by atoms with Crippen molar-refractivity contribution in [3.63, 3.8) is 0 Å². The zero-order valence-corrected chi connectivity index (χ0v) is 13.9. The predicted molar refractivity (Wildman–Crippen MR) is 88.3 cm³/mol. The first-order valence-electron chi connectivity index (χ1n) is 7.71. The third-order valence-corrected chi connectivity index (χ3v) is 3.79. The van der Waals surface area contributed by atoms with Gasteiger partial charge in [-0.1, -0.05) is 52.0 Å². The van der Waals surface area contributed by atoms with Gasteiger partial charge < -0.3 is 5.32 Å². The van der Waals surface area contributed by atoms with E-state index in [9.17, 15) is 0 Å². The second-order valence-electron chi connectivity index (χ2n) is 6.68. The zero-order valence-electron chi connectivity index (χ0n) is 13.9. The predicted octanol–water partition coefficient (Wildman–Crippen LogP) is 3.57. The van der Waals surface area contributed by atoms with E-state index in [-0.39, 0.29) is 5.41 Å². The molecule has 1 aromatic heterocycles. The van der Waals surface area contributed by atoms with Gasteiger partial charge in [-0.05, 0) is 23.0 Å². The molecular weight excluding hydrogens is 258 g/mol. The average molecular weight is 285 g/mol. The van der Waals surface area contributed by atoms with Crippen molar-refractivity contribution in [2.75, 3.05) is 0 Å². The molecule has 114 valence electrons. The van der Waals surface area contributed by atoms with E-state index in [4.69, 9.17) is 0 Å². The molecule has 0 aliphatic heterocycles. The minimum Gasteiger partial charge on any atom is -0.308 e. The molecule has 1 N–H and O–H groups in total. The van der Waals surface area contributed by atoms with E-state index in [1.807, 2.05) is 11.7 Å². The molecule has 0 fully saturated rings. The standard InChI is InChI=1S/C18H27N3/c1-6-17-15(13-21(5)20-17)12-19-11-14-7-9-16(10-8-14)18(2,3)4/h7-10,13,19H,6,11-12H2,1-5H3. The zero-order chi connectivity index (χ0) is 15.5. The van der Waals surface area contributed by atoms with Gasteiger partial charge in [0.05, 0.1) is 5.69 Å². The molecule has 0 aliphatic rings. The van der Waals surface area contributed by atoms with Crippen molar-refractivity contribution < 1.29 is 0 Å². The van der Waals surface area contributed by atoms with Gasteiger partial charge in [0.15, 0.2) is 0 Å². The monoisotopic (exact) mass is 285 g/mol. The van der Waals surface area contributed by atoms with Gasteiger partial charge in [0.1, 0.15) is 0 Å². The summed E-state index contributed by atoms with van der Waals surface area (Å²) in [5.74, 6) is 0. The Bertz CT molecular complexity index is 574. The van der Waals surface area contributed by atoms with Gasteiger partial charge in [0.2, 0.25) is 0 Å². The van der Waals surface area contributed by atoms with Gasteiger partial charge in [-0.25, -0.2) is 0 Å². The molecule has 0 radical (unpaired) electrons. The molecule has 3 heteroatoms. The molecule has 0 bridgehead atoms. The Kier molecular flexibility index (Phi) is 4.84. The molecule has 21 heavy (non-hydrogen) atoms. The number of nitrogens with one attached hydrogen (secondary N) is 1. The van der Waals surface area contributed by atoms with Gasteiger partial charge in [-0.2, -0.15) is 5.10 Å². The van der Waals surface area contributed by atoms with Gasteiger partial charge in [-0.15, -0.1) is 0 Å². The van der Waals surface area contributed by atoms with Crippen LogP contribution in [-0.4, -0.2) is 9.78 Å². The van der Waals surface area contributed by atoms with Crippen molar-refractivity contribution >= 4 is 0 Å². The summed E-state index contributed by atoms with van der Waals surface area (Å²) in [6, 6.07) is 8.91. The highest BCUT2D eigenvalue weighted by Gasteiger charge is 2.12. The van der Waals surface area contributed by atoms with E-state index in [2.05, 4.69) is 68.6 Å².